The number of carboxylic acid groups (broad SMARTS) is 1. The zero-order valence-electron chi connectivity index (χ0n) is 8.48. The van der Waals surface area contributed by atoms with Gasteiger partial charge in [0.15, 0.2) is 0 Å². The van der Waals surface area contributed by atoms with E-state index in [1.54, 1.807) is 6.92 Å². The van der Waals surface area contributed by atoms with Crippen molar-refractivity contribution in [3.8, 4) is 11.4 Å². The molecular formula is C9H6F2N2O3S. The van der Waals surface area contributed by atoms with Crippen molar-refractivity contribution in [2.75, 3.05) is 0 Å². The standard InChI is InChI=1S/C9H6F2N2O3S/c1-3-12-4(2-17-3)6-5(9(14)15)7(8(10)11)16-13-6/h2,8H,1H3,(H,14,15). The van der Waals surface area contributed by atoms with E-state index in [-0.39, 0.29) is 11.4 Å². The minimum atomic E-state index is -3.03. The highest BCUT2D eigenvalue weighted by atomic mass is 32.1. The summed E-state index contributed by atoms with van der Waals surface area (Å²) in [7, 11) is 0. The predicted octanol–water partition coefficient (Wildman–Crippen LogP) is 2.74. The number of halogens is 2. The minimum absolute atomic E-state index is 0.169. The van der Waals surface area contributed by atoms with Gasteiger partial charge in [-0.3, -0.25) is 0 Å². The van der Waals surface area contributed by atoms with Crippen molar-refractivity contribution in [3.05, 3.63) is 21.7 Å². The minimum Gasteiger partial charge on any atom is -0.477 e. The van der Waals surface area contributed by atoms with Crippen molar-refractivity contribution < 1.29 is 23.2 Å². The van der Waals surface area contributed by atoms with Crippen LogP contribution >= 0.6 is 11.3 Å². The molecule has 0 aliphatic carbocycles. The Kier molecular flexibility index (Phi) is 2.88. The first-order valence-electron chi connectivity index (χ1n) is 4.44. The lowest BCUT2D eigenvalue weighted by Crippen LogP contribution is -2.01. The van der Waals surface area contributed by atoms with Crippen LogP contribution in [0.15, 0.2) is 9.90 Å². The topological polar surface area (TPSA) is 76.2 Å². The van der Waals surface area contributed by atoms with E-state index < -0.39 is 23.7 Å². The van der Waals surface area contributed by atoms with Crippen molar-refractivity contribution in [1.82, 2.24) is 10.1 Å². The molecule has 0 saturated heterocycles. The fraction of sp³-hybridized carbons (Fsp3) is 0.222. The van der Waals surface area contributed by atoms with E-state index in [2.05, 4.69) is 14.7 Å². The molecule has 17 heavy (non-hydrogen) atoms. The molecule has 2 rings (SSSR count). The first-order valence-corrected chi connectivity index (χ1v) is 5.32. The second-order valence-corrected chi connectivity index (χ2v) is 4.19. The van der Waals surface area contributed by atoms with Gasteiger partial charge in [-0.15, -0.1) is 11.3 Å². The van der Waals surface area contributed by atoms with Crippen LogP contribution in [0, 0.1) is 6.92 Å². The first kappa shape index (κ1) is 11.6. The van der Waals surface area contributed by atoms with Gasteiger partial charge in [0.25, 0.3) is 6.43 Å². The van der Waals surface area contributed by atoms with E-state index in [4.69, 9.17) is 5.11 Å². The number of hydrogen-bond donors (Lipinski definition) is 1. The Bertz CT molecular complexity index is 564. The van der Waals surface area contributed by atoms with E-state index in [1.165, 1.54) is 16.7 Å². The molecule has 0 radical (unpaired) electrons. The quantitative estimate of drug-likeness (QED) is 0.918. The number of aromatic carboxylic acids is 1. The highest BCUT2D eigenvalue weighted by Crippen LogP contribution is 2.31. The van der Waals surface area contributed by atoms with E-state index in [1.807, 2.05) is 0 Å². The molecule has 0 fully saturated rings. The Morgan fingerprint density at radius 3 is 2.76 bits per heavy atom. The summed E-state index contributed by atoms with van der Waals surface area (Å²) in [5, 5.41) is 14.5. The molecule has 0 atom stereocenters. The molecule has 90 valence electrons. The highest BCUT2D eigenvalue weighted by Gasteiger charge is 2.30. The Labute approximate surface area is 97.7 Å². The number of hydrogen-bond acceptors (Lipinski definition) is 5. The Morgan fingerprint density at radius 2 is 2.29 bits per heavy atom. The van der Waals surface area contributed by atoms with Crippen LogP contribution in [0.1, 0.15) is 27.6 Å². The van der Waals surface area contributed by atoms with Crippen LogP contribution in [-0.4, -0.2) is 21.2 Å². The smallest absolute Gasteiger partial charge is 0.341 e. The number of thiazole rings is 1. The lowest BCUT2D eigenvalue weighted by atomic mass is 10.1. The Balaban J connectivity index is 2.59. The molecular weight excluding hydrogens is 254 g/mol. The van der Waals surface area contributed by atoms with Gasteiger partial charge in [-0.2, -0.15) is 0 Å². The fourth-order valence-electron chi connectivity index (χ4n) is 1.31. The van der Waals surface area contributed by atoms with E-state index in [9.17, 15) is 13.6 Å². The SMILES string of the molecule is Cc1nc(-c2noc(C(F)F)c2C(=O)O)cs1. The maximum Gasteiger partial charge on any atom is 0.341 e. The molecule has 0 spiro atoms. The van der Waals surface area contributed by atoms with Crippen LogP contribution in [0.25, 0.3) is 11.4 Å². The number of alkyl halides is 2. The molecule has 2 heterocycles. The molecule has 0 aliphatic rings. The molecule has 2 aromatic heterocycles. The van der Waals surface area contributed by atoms with Gasteiger partial charge in [-0.25, -0.2) is 18.6 Å². The third kappa shape index (κ3) is 2.03. The Morgan fingerprint density at radius 1 is 1.59 bits per heavy atom. The number of carboxylic acids is 1. The van der Waals surface area contributed by atoms with Crippen molar-refractivity contribution in [3.63, 3.8) is 0 Å². The summed E-state index contributed by atoms with van der Waals surface area (Å²) in [4.78, 5) is 14.9. The molecule has 1 N–H and O–H groups in total. The van der Waals surface area contributed by atoms with Crippen LogP contribution in [0.3, 0.4) is 0 Å². The fourth-order valence-corrected chi connectivity index (χ4v) is 1.90. The highest BCUT2D eigenvalue weighted by molar-refractivity contribution is 7.09. The summed E-state index contributed by atoms with van der Waals surface area (Å²) in [5.74, 6) is -2.46. The third-order valence-corrected chi connectivity index (χ3v) is 2.77. The van der Waals surface area contributed by atoms with Gasteiger partial charge in [-0.05, 0) is 6.92 Å². The van der Waals surface area contributed by atoms with Crippen LogP contribution in [0.5, 0.6) is 0 Å². The van der Waals surface area contributed by atoms with Crippen LogP contribution in [-0.2, 0) is 0 Å². The summed E-state index contributed by atoms with van der Waals surface area (Å²) < 4.78 is 29.4. The molecule has 0 saturated carbocycles. The van der Waals surface area contributed by atoms with Gasteiger partial charge in [-0.1, -0.05) is 5.16 Å². The Hall–Kier alpha value is -1.83. The van der Waals surface area contributed by atoms with Crippen LogP contribution in [0.2, 0.25) is 0 Å². The summed E-state index contributed by atoms with van der Waals surface area (Å²) in [5.41, 5.74) is -0.581. The average molecular weight is 260 g/mol. The zero-order chi connectivity index (χ0) is 12.6. The zero-order valence-corrected chi connectivity index (χ0v) is 9.29. The van der Waals surface area contributed by atoms with E-state index in [0.29, 0.717) is 5.01 Å². The number of nitrogens with zero attached hydrogens (tertiary/aromatic N) is 2. The van der Waals surface area contributed by atoms with Gasteiger partial charge >= 0.3 is 5.97 Å². The summed E-state index contributed by atoms with van der Waals surface area (Å²) in [6.45, 7) is 1.71. The number of aryl methyl sites for hydroxylation is 1. The summed E-state index contributed by atoms with van der Waals surface area (Å²) >= 11 is 1.26. The maximum atomic E-state index is 12.5. The van der Waals surface area contributed by atoms with Crippen LogP contribution in [0.4, 0.5) is 8.78 Å². The molecule has 0 amide bonds. The van der Waals surface area contributed by atoms with Crippen molar-refractivity contribution in [2.45, 2.75) is 13.3 Å². The first-order chi connectivity index (χ1) is 8.00. The largest absolute Gasteiger partial charge is 0.477 e. The molecule has 2 aromatic rings. The van der Waals surface area contributed by atoms with Gasteiger partial charge in [0.1, 0.15) is 17.0 Å². The molecule has 0 unspecified atom stereocenters. The maximum absolute atomic E-state index is 12.5. The molecule has 8 heteroatoms. The number of aromatic nitrogens is 2. The second kappa shape index (κ2) is 4.21. The predicted molar refractivity (Wildman–Crippen MR) is 54.3 cm³/mol. The lowest BCUT2D eigenvalue weighted by Gasteiger charge is -1.95. The van der Waals surface area contributed by atoms with Gasteiger partial charge in [0, 0.05) is 5.38 Å². The summed E-state index contributed by atoms with van der Waals surface area (Å²) in [6, 6.07) is 0. The number of rotatable bonds is 3. The second-order valence-electron chi connectivity index (χ2n) is 3.13. The average Bonchev–Trinajstić information content (AvgIpc) is 2.82. The molecule has 0 bridgehead atoms. The van der Waals surface area contributed by atoms with Gasteiger partial charge in [0.2, 0.25) is 5.76 Å². The van der Waals surface area contributed by atoms with Gasteiger partial charge < -0.3 is 9.63 Å². The normalized spacial score (nSPS) is 11.1. The monoisotopic (exact) mass is 260 g/mol. The van der Waals surface area contributed by atoms with Crippen molar-refractivity contribution >= 4 is 17.3 Å². The lowest BCUT2D eigenvalue weighted by molar-refractivity contribution is 0.0670. The van der Waals surface area contributed by atoms with Crippen molar-refractivity contribution in [2.24, 2.45) is 0 Å². The van der Waals surface area contributed by atoms with Crippen molar-refractivity contribution in [1.29, 1.82) is 0 Å². The van der Waals surface area contributed by atoms with Gasteiger partial charge in [0.05, 0.1) is 5.01 Å². The molecule has 0 aliphatic heterocycles. The molecule has 0 aromatic carbocycles. The third-order valence-electron chi connectivity index (χ3n) is 1.99. The van der Waals surface area contributed by atoms with E-state index >= 15 is 0 Å². The van der Waals surface area contributed by atoms with Crippen LogP contribution < -0.4 is 0 Å². The van der Waals surface area contributed by atoms with E-state index in [0.717, 1.165) is 0 Å². The number of carbonyl (C=O) groups is 1. The molecule has 5 nitrogen and oxygen atoms in total. The summed E-state index contributed by atoms with van der Waals surface area (Å²) in [6.07, 6.45) is -3.03.